The zero-order valence-corrected chi connectivity index (χ0v) is 9.53. The maximum atomic E-state index is 9.03. The van der Waals surface area contributed by atoms with Gasteiger partial charge >= 0.3 is 0 Å². The highest BCUT2D eigenvalue weighted by molar-refractivity contribution is 5.58. The van der Waals surface area contributed by atoms with Crippen molar-refractivity contribution in [2.75, 3.05) is 24.6 Å². The normalized spacial score (nSPS) is 18.7. The van der Waals surface area contributed by atoms with Gasteiger partial charge in [0.2, 0.25) is 0 Å². The van der Waals surface area contributed by atoms with E-state index in [0.29, 0.717) is 0 Å². The van der Waals surface area contributed by atoms with E-state index >= 15 is 0 Å². The fourth-order valence-corrected chi connectivity index (χ4v) is 2.34. The molecule has 1 aliphatic heterocycles. The molecule has 0 unspecified atom stereocenters. The molecule has 0 saturated heterocycles. The van der Waals surface area contributed by atoms with Gasteiger partial charge in [0.25, 0.3) is 0 Å². The molecule has 0 amide bonds. The van der Waals surface area contributed by atoms with Crippen molar-refractivity contribution in [1.29, 1.82) is 0 Å². The van der Waals surface area contributed by atoms with Gasteiger partial charge < -0.3 is 10.0 Å². The molecule has 0 spiro atoms. The molecule has 0 aliphatic carbocycles. The summed E-state index contributed by atoms with van der Waals surface area (Å²) < 4.78 is 0. The molecule has 1 aliphatic rings. The Balaban J connectivity index is 2.39. The average Bonchev–Trinajstić information content (AvgIpc) is 2.23. The largest absolute Gasteiger partial charge is 0.395 e. The van der Waals surface area contributed by atoms with E-state index in [1.807, 2.05) is 0 Å². The molecule has 0 atom stereocenters. The Morgan fingerprint density at radius 3 is 2.80 bits per heavy atom. The minimum atomic E-state index is 0.231. The summed E-state index contributed by atoms with van der Waals surface area (Å²) in [5.74, 6) is 0. The molecule has 0 bridgehead atoms. The van der Waals surface area contributed by atoms with Crippen molar-refractivity contribution in [3.8, 4) is 0 Å². The fraction of sp³-hybridized carbons (Fsp3) is 0.538. The molecule has 0 radical (unpaired) electrons. The van der Waals surface area contributed by atoms with Crippen LogP contribution in [0.5, 0.6) is 0 Å². The first-order chi connectivity index (χ1) is 7.15. The van der Waals surface area contributed by atoms with Crippen LogP contribution in [0.3, 0.4) is 0 Å². The monoisotopic (exact) mass is 205 g/mol. The first kappa shape index (κ1) is 10.5. The van der Waals surface area contributed by atoms with Gasteiger partial charge in [-0.05, 0) is 23.5 Å². The maximum absolute atomic E-state index is 9.03. The zero-order chi connectivity index (χ0) is 10.9. The van der Waals surface area contributed by atoms with Crippen LogP contribution in [0.25, 0.3) is 0 Å². The van der Waals surface area contributed by atoms with Crippen molar-refractivity contribution >= 4 is 5.69 Å². The smallest absolute Gasteiger partial charge is 0.0606 e. The summed E-state index contributed by atoms with van der Waals surface area (Å²) >= 11 is 0. The summed E-state index contributed by atoms with van der Waals surface area (Å²) in [6.45, 7) is 6.61. The van der Waals surface area contributed by atoms with Crippen molar-refractivity contribution < 1.29 is 5.11 Å². The van der Waals surface area contributed by atoms with Gasteiger partial charge in [0.15, 0.2) is 0 Å². The SMILES string of the molecule is CC1(C)CCN(CCO)c2ccccc21. The van der Waals surface area contributed by atoms with Gasteiger partial charge in [-0.15, -0.1) is 0 Å². The minimum absolute atomic E-state index is 0.231. The van der Waals surface area contributed by atoms with Gasteiger partial charge in [-0.2, -0.15) is 0 Å². The third-order valence-corrected chi connectivity index (χ3v) is 3.35. The highest BCUT2D eigenvalue weighted by Crippen LogP contribution is 2.38. The molecule has 2 heteroatoms. The minimum Gasteiger partial charge on any atom is -0.395 e. The summed E-state index contributed by atoms with van der Waals surface area (Å²) in [5, 5.41) is 9.03. The van der Waals surface area contributed by atoms with E-state index in [1.165, 1.54) is 11.3 Å². The Morgan fingerprint density at radius 1 is 1.33 bits per heavy atom. The van der Waals surface area contributed by atoms with E-state index in [1.54, 1.807) is 0 Å². The van der Waals surface area contributed by atoms with E-state index < -0.39 is 0 Å². The van der Waals surface area contributed by atoms with Crippen molar-refractivity contribution in [2.45, 2.75) is 25.7 Å². The molecule has 2 rings (SSSR count). The Morgan fingerprint density at radius 2 is 2.07 bits per heavy atom. The Hall–Kier alpha value is -1.02. The maximum Gasteiger partial charge on any atom is 0.0606 e. The molecule has 2 nitrogen and oxygen atoms in total. The summed E-state index contributed by atoms with van der Waals surface area (Å²) in [7, 11) is 0. The lowest BCUT2D eigenvalue weighted by molar-refractivity contribution is 0.297. The predicted molar refractivity (Wildman–Crippen MR) is 63.4 cm³/mol. The van der Waals surface area contributed by atoms with Gasteiger partial charge in [-0.25, -0.2) is 0 Å². The van der Waals surface area contributed by atoms with Crippen molar-refractivity contribution in [2.24, 2.45) is 0 Å². The van der Waals surface area contributed by atoms with Crippen LogP contribution >= 0.6 is 0 Å². The van der Waals surface area contributed by atoms with E-state index in [4.69, 9.17) is 5.11 Å². The van der Waals surface area contributed by atoms with Crippen LogP contribution in [-0.4, -0.2) is 24.8 Å². The number of nitrogens with zero attached hydrogens (tertiary/aromatic N) is 1. The number of anilines is 1. The number of aliphatic hydroxyl groups excluding tert-OH is 1. The second-order valence-corrected chi connectivity index (χ2v) is 4.86. The Kier molecular flexibility index (Phi) is 2.70. The van der Waals surface area contributed by atoms with E-state index in [-0.39, 0.29) is 12.0 Å². The number of β-amino-alcohol motifs (C(OH)–C–C–N with tert-alkyl or cyclic N) is 1. The zero-order valence-electron chi connectivity index (χ0n) is 9.53. The van der Waals surface area contributed by atoms with Crippen LogP contribution in [0.15, 0.2) is 24.3 Å². The van der Waals surface area contributed by atoms with Gasteiger partial charge in [-0.1, -0.05) is 32.0 Å². The molecule has 0 fully saturated rings. The summed E-state index contributed by atoms with van der Waals surface area (Å²) in [6, 6.07) is 8.54. The number of hydrogen-bond donors (Lipinski definition) is 1. The molecule has 1 aromatic rings. The Labute approximate surface area is 91.5 Å². The molecule has 1 heterocycles. The number of hydrogen-bond acceptors (Lipinski definition) is 2. The fourth-order valence-electron chi connectivity index (χ4n) is 2.34. The topological polar surface area (TPSA) is 23.5 Å². The lowest BCUT2D eigenvalue weighted by atomic mass is 9.78. The van der Waals surface area contributed by atoms with Gasteiger partial charge in [0, 0.05) is 18.8 Å². The van der Waals surface area contributed by atoms with Crippen LogP contribution in [0.2, 0.25) is 0 Å². The van der Waals surface area contributed by atoms with Crippen LogP contribution in [0.1, 0.15) is 25.8 Å². The lowest BCUT2D eigenvalue weighted by Crippen LogP contribution is -2.38. The number of benzene rings is 1. The first-order valence-corrected chi connectivity index (χ1v) is 5.60. The van der Waals surface area contributed by atoms with Crippen LogP contribution in [0, 0.1) is 0 Å². The molecular weight excluding hydrogens is 186 g/mol. The van der Waals surface area contributed by atoms with Crippen molar-refractivity contribution in [1.82, 2.24) is 0 Å². The molecule has 0 aromatic heterocycles. The van der Waals surface area contributed by atoms with E-state index in [9.17, 15) is 0 Å². The lowest BCUT2D eigenvalue weighted by Gasteiger charge is -2.40. The number of aliphatic hydroxyl groups is 1. The number of fused-ring (bicyclic) bond motifs is 1. The third kappa shape index (κ3) is 1.86. The molecule has 1 N–H and O–H groups in total. The molecule has 15 heavy (non-hydrogen) atoms. The van der Waals surface area contributed by atoms with E-state index in [2.05, 4.69) is 43.0 Å². The van der Waals surface area contributed by atoms with Gasteiger partial charge in [-0.3, -0.25) is 0 Å². The molecule has 82 valence electrons. The first-order valence-electron chi connectivity index (χ1n) is 5.60. The van der Waals surface area contributed by atoms with Gasteiger partial charge in [0.1, 0.15) is 0 Å². The van der Waals surface area contributed by atoms with Crippen LogP contribution < -0.4 is 4.90 Å². The molecular formula is C13H19NO. The summed E-state index contributed by atoms with van der Waals surface area (Å²) in [6.07, 6.45) is 1.16. The van der Waals surface area contributed by atoms with Crippen molar-refractivity contribution in [3.05, 3.63) is 29.8 Å². The van der Waals surface area contributed by atoms with Gasteiger partial charge in [0.05, 0.1) is 6.61 Å². The third-order valence-electron chi connectivity index (χ3n) is 3.35. The average molecular weight is 205 g/mol. The van der Waals surface area contributed by atoms with Crippen LogP contribution in [-0.2, 0) is 5.41 Å². The number of rotatable bonds is 2. The quantitative estimate of drug-likeness (QED) is 0.800. The highest BCUT2D eigenvalue weighted by atomic mass is 16.3. The highest BCUT2D eigenvalue weighted by Gasteiger charge is 2.30. The van der Waals surface area contributed by atoms with Crippen LogP contribution in [0.4, 0.5) is 5.69 Å². The predicted octanol–water partition coefficient (Wildman–Crippen LogP) is 2.17. The second kappa shape index (κ2) is 3.86. The van der Waals surface area contributed by atoms with Crippen molar-refractivity contribution in [3.63, 3.8) is 0 Å². The standard InChI is InChI=1S/C13H19NO/c1-13(2)7-8-14(9-10-15)12-6-4-3-5-11(12)13/h3-6,15H,7-10H2,1-2H3. The second-order valence-electron chi connectivity index (χ2n) is 4.86. The summed E-state index contributed by atoms with van der Waals surface area (Å²) in [5.41, 5.74) is 2.97. The number of para-hydroxylation sites is 1. The molecule has 1 aromatic carbocycles. The van der Waals surface area contributed by atoms with E-state index in [0.717, 1.165) is 19.5 Å². The Bertz CT molecular complexity index is 346. The summed E-state index contributed by atoms with van der Waals surface area (Å²) in [4.78, 5) is 2.28. The molecule has 0 saturated carbocycles.